The predicted octanol–water partition coefficient (Wildman–Crippen LogP) is 4.30. The van der Waals surface area contributed by atoms with Crippen molar-refractivity contribution in [2.24, 2.45) is 0 Å². The first kappa shape index (κ1) is 18.8. The van der Waals surface area contributed by atoms with Gasteiger partial charge in [-0.2, -0.15) is 0 Å². The smallest absolute Gasteiger partial charge is 0.246 e. The number of rotatable bonds is 6. The van der Waals surface area contributed by atoms with E-state index in [1.807, 2.05) is 13.0 Å². The Morgan fingerprint density at radius 1 is 1.16 bits per heavy atom. The third-order valence-corrected chi connectivity index (χ3v) is 4.21. The zero-order chi connectivity index (χ0) is 18.6. The van der Waals surface area contributed by atoms with Gasteiger partial charge in [-0.25, -0.2) is 0 Å². The second kappa shape index (κ2) is 8.03. The highest BCUT2D eigenvalue weighted by Crippen LogP contribution is 2.31. The summed E-state index contributed by atoms with van der Waals surface area (Å²) < 4.78 is 5.31. The first-order valence-corrected chi connectivity index (χ1v) is 8.22. The van der Waals surface area contributed by atoms with Crippen molar-refractivity contribution < 1.29 is 14.3 Å². The summed E-state index contributed by atoms with van der Waals surface area (Å²) in [5.41, 5.74) is 2.81. The van der Waals surface area contributed by atoms with Gasteiger partial charge in [-0.3, -0.25) is 9.59 Å². The number of ketones is 1. The Morgan fingerprint density at radius 2 is 1.80 bits per heavy atom. The topological polar surface area (TPSA) is 67.4 Å². The van der Waals surface area contributed by atoms with Crippen LogP contribution in [0.1, 0.15) is 29.8 Å². The molecule has 25 heavy (non-hydrogen) atoms. The second-order valence-electron chi connectivity index (χ2n) is 5.79. The molecule has 0 aliphatic rings. The van der Waals surface area contributed by atoms with E-state index in [0.29, 0.717) is 27.7 Å². The normalized spacial score (nSPS) is 11.6. The molecule has 0 aromatic heterocycles. The van der Waals surface area contributed by atoms with Crippen molar-refractivity contribution in [2.45, 2.75) is 26.8 Å². The van der Waals surface area contributed by atoms with Crippen LogP contribution in [-0.2, 0) is 4.79 Å². The van der Waals surface area contributed by atoms with E-state index in [9.17, 15) is 9.59 Å². The van der Waals surface area contributed by atoms with Crippen molar-refractivity contribution in [2.75, 3.05) is 17.7 Å². The maximum atomic E-state index is 12.4. The van der Waals surface area contributed by atoms with Crippen molar-refractivity contribution in [1.82, 2.24) is 0 Å². The lowest BCUT2D eigenvalue weighted by atomic mass is 10.1. The first-order chi connectivity index (χ1) is 11.8. The van der Waals surface area contributed by atoms with Gasteiger partial charge in [0.15, 0.2) is 5.78 Å². The summed E-state index contributed by atoms with van der Waals surface area (Å²) in [5.74, 6) is 0.351. The average molecular weight is 361 g/mol. The van der Waals surface area contributed by atoms with Crippen LogP contribution in [0.25, 0.3) is 0 Å². The highest BCUT2D eigenvalue weighted by atomic mass is 35.5. The van der Waals surface area contributed by atoms with Crippen molar-refractivity contribution in [3.8, 4) is 5.75 Å². The molecule has 0 heterocycles. The van der Waals surface area contributed by atoms with Gasteiger partial charge < -0.3 is 15.4 Å². The average Bonchev–Trinajstić information content (AvgIpc) is 2.58. The zero-order valence-corrected chi connectivity index (χ0v) is 15.4. The molecule has 5 nitrogen and oxygen atoms in total. The molecule has 0 fully saturated rings. The zero-order valence-electron chi connectivity index (χ0n) is 14.6. The van der Waals surface area contributed by atoms with Gasteiger partial charge in [0.25, 0.3) is 0 Å². The summed E-state index contributed by atoms with van der Waals surface area (Å²) in [5, 5.41) is 6.54. The molecule has 1 amide bonds. The molecule has 0 aliphatic heterocycles. The van der Waals surface area contributed by atoms with Gasteiger partial charge in [0.2, 0.25) is 5.91 Å². The predicted molar refractivity (Wildman–Crippen MR) is 101 cm³/mol. The minimum atomic E-state index is -0.498. The molecule has 0 saturated heterocycles. The summed E-state index contributed by atoms with van der Waals surface area (Å²) in [6.07, 6.45) is 0. The van der Waals surface area contributed by atoms with Gasteiger partial charge in [0.05, 0.1) is 12.8 Å². The Kier molecular flexibility index (Phi) is 6.04. The summed E-state index contributed by atoms with van der Waals surface area (Å²) >= 11 is 6.09. The molecule has 0 bridgehead atoms. The van der Waals surface area contributed by atoms with Crippen LogP contribution in [0.5, 0.6) is 5.75 Å². The number of benzene rings is 2. The first-order valence-electron chi connectivity index (χ1n) is 7.84. The summed E-state index contributed by atoms with van der Waals surface area (Å²) in [6.45, 7) is 5.14. The Labute approximate surface area is 152 Å². The van der Waals surface area contributed by atoms with E-state index in [0.717, 1.165) is 5.56 Å². The Bertz CT molecular complexity index is 788. The van der Waals surface area contributed by atoms with Crippen LogP contribution in [0.15, 0.2) is 36.4 Å². The largest absolute Gasteiger partial charge is 0.495 e. The van der Waals surface area contributed by atoms with E-state index in [4.69, 9.17) is 16.3 Å². The van der Waals surface area contributed by atoms with E-state index < -0.39 is 6.04 Å². The van der Waals surface area contributed by atoms with Crippen molar-refractivity contribution in [3.63, 3.8) is 0 Å². The van der Waals surface area contributed by atoms with E-state index in [-0.39, 0.29) is 11.7 Å². The number of anilines is 2. The van der Waals surface area contributed by atoms with E-state index in [2.05, 4.69) is 10.6 Å². The summed E-state index contributed by atoms with van der Waals surface area (Å²) in [4.78, 5) is 23.7. The molecule has 0 unspecified atom stereocenters. The van der Waals surface area contributed by atoms with Crippen LogP contribution in [0.2, 0.25) is 5.02 Å². The molecule has 132 valence electrons. The van der Waals surface area contributed by atoms with Crippen molar-refractivity contribution in [1.29, 1.82) is 0 Å². The van der Waals surface area contributed by atoms with Crippen LogP contribution in [0.4, 0.5) is 11.4 Å². The standard InChI is InChI=1S/C19H21ClN2O3/c1-11-9-17(18(25-4)10-16(11)20)21-12(2)19(24)22-15-7-5-14(6-8-15)13(3)23/h5-10,12,21H,1-4H3,(H,22,24)/t12-/m0/s1. The van der Waals surface area contributed by atoms with Gasteiger partial charge in [0, 0.05) is 22.3 Å². The Hall–Kier alpha value is -2.53. The molecule has 0 saturated carbocycles. The molecular formula is C19H21ClN2O3. The highest BCUT2D eigenvalue weighted by molar-refractivity contribution is 6.31. The number of carbonyl (C=O) groups excluding carboxylic acids is 2. The fraction of sp³-hybridized carbons (Fsp3) is 0.263. The van der Waals surface area contributed by atoms with Crippen LogP contribution < -0.4 is 15.4 Å². The van der Waals surface area contributed by atoms with Crippen LogP contribution in [0, 0.1) is 6.92 Å². The maximum Gasteiger partial charge on any atom is 0.246 e. The number of carbonyl (C=O) groups is 2. The number of aryl methyl sites for hydroxylation is 1. The summed E-state index contributed by atoms with van der Waals surface area (Å²) in [7, 11) is 1.55. The fourth-order valence-electron chi connectivity index (χ4n) is 2.28. The number of halogens is 1. The van der Waals surface area contributed by atoms with Crippen LogP contribution >= 0.6 is 11.6 Å². The van der Waals surface area contributed by atoms with Gasteiger partial charge in [-0.1, -0.05) is 11.6 Å². The number of ether oxygens (including phenoxy) is 1. The van der Waals surface area contributed by atoms with Crippen molar-refractivity contribution in [3.05, 3.63) is 52.5 Å². The number of nitrogens with one attached hydrogen (secondary N) is 2. The van der Waals surface area contributed by atoms with Crippen LogP contribution in [0.3, 0.4) is 0 Å². The lowest BCUT2D eigenvalue weighted by Gasteiger charge is -2.18. The summed E-state index contributed by atoms with van der Waals surface area (Å²) in [6, 6.07) is 9.82. The molecule has 2 rings (SSSR count). The van der Waals surface area contributed by atoms with Gasteiger partial charge >= 0.3 is 0 Å². The number of amides is 1. The number of hydrogen-bond acceptors (Lipinski definition) is 4. The van der Waals surface area contributed by atoms with Gasteiger partial charge in [-0.15, -0.1) is 0 Å². The molecule has 0 radical (unpaired) electrons. The number of Topliss-reactive ketones (excluding diaryl/α,β-unsaturated/α-hetero) is 1. The second-order valence-corrected chi connectivity index (χ2v) is 6.20. The molecule has 2 aromatic rings. The molecular weight excluding hydrogens is 340 g/mol. The molecule has 2 N–H and O–H groups in total. The van der Waals surface area contributed by atoms with Crippen molar-refractivity contribution >= 4 is 34.7 Å². The van der Waals surface area contributed by atoms with Gasteiger partial charge in [0.1, 0.15) is 11.8 Å². The van der Waals surface area contributed by atoms with E-state index in [1.165, 1.54) is 6.92 Å². The lowest BCUT2D eigenvalue weighted by molar-refractivity contribution is -0.116. The number of hydrogen-bond donors (Lipinski definition) is 2. The molecule has 1 atom stereocenters. The molecule has 0 aliphatic carbocycles. The lowest BCUT2D eigenvalue weighted by Crippen LogP contribution is -2.32. The molecule has 0 spiro atoms. The van der Waals surface area contributed by atoms with E-state index in [1.54, 1.807) is 44.4 Å². The van der Waals surface area contributed by atoms with Gasteiger partial charge in [-0.05, 0) is 56.7 Å². The number of methoxy groups -OCH3 is 1. The monoisotopic (exact) mass is 360 g/mol. The maximum absolute atomic E-state index is 12.4. The minimum Gasteiger partial charge on any atom is -0.495 e. The quantitative estimate of drug-likeness (QED) is 0.754. The SMILES string of the molecule is COc1cc(Cl)c(C)cc1N[C@@H](C)C(=O)Nc1ccc(C(C)=O)cc1. The molecule has 2 aromatic carbocycles. The molecule has 6 heteroatoms. The fourth-order valence-corrected chi connectivity index (χ4v) is 2.44. The van der Waals surface area contributed by atoms with Crippen LogP contribution in [-0.4, -0.2) is 24.8 Å². The highest BCUT2D eigenvalue weighted by Gasteiger charge is 2.16. The Morgan fingerprint density at radius 3 is 2.36 bits per heavy atom. The Balaban J connectivity index is 2.07. The third kappa shape index (κ3) is 4.73. The van der Waals surface area contributed by atoms with E-state index >= 15 is 0 Å². The third-order valence-electron chi connectivity index (χ3n) is 3.81. The minimum absolute atomic E-state index is 0.0156.